The van der Waals surface area contributed by atoms with Gasteiger partial charge in [0.1, 0.15) is 5.69 Å². The van der Waals surface area contributed by atoms with E-state index in [1.54, 1.807) is 11.8 Å². The van der Waals surface area contributed by atoms with E-state index in [-0.39, 0.29) is 23.5 Å². The van der Waals surface area contributed by atoms with E-state index in [1.165, 1.54) is 0 Å². The van der Waals surface area contributed by atoms with Gasteiger partial charge in [-0.05, 0) is 50.6 Å². The molecule has 0 bridgehead atoms. The third kappa shape index (κ3) is 3.77. The van der Waals surface area contributed by atoms with Gasteiger partial charge in [0.05, 0.1) is 25.2 Å². The third-order valence-corrected chi connectivity index (χ3v) is 6.87. The van der Waals surface area contributed by atoms with Crippen LogP contribution in [0, 0.1) is 18.3 Å². The Morgan fingerprint density at radius 2 is 2.00 bits per heavy atom. The van der Waals surface area contributed by atoms with Crippen LogP contribution in [0.4, 0.5) is 0 Å². The average molecular weight is 406 g/mol. The quantitative estimate of drug-likeness (QED) is 0.690. The molecule has 3 heterocycles. The fourth-order valence-electron chi connectivity index (χ4n) is 5.26. The summed E-state index contributed by atoms with van der Waals surface area (Å²) in [5, 5.41) is 7.48. The lowest BCUT2D eigenvalue weighted by Crippen LogP contribution is -2.59. The second-order valence-electron chi connectivity index (χ2n) is 8.36. The number of esters is 1. The van der Waals surface area contributed by atoms with Gasteiger partial charge in [0.15, 0.2) is 5.69 Å². The van der Waals surface area contributed by atoms with Gasteiger partial charge in [0, 0.05) is 32.2 Å². The first-order valence-corrected chi connectivity index (χ1v) is 10.6. The summed E-state index contributed by atoms with van der Waals surface area (Å²) in [6, 6.07) is 0.468. The molecule has 9 heteroatoms. The number of aryl methyl sites for hydroxylation is 1. The van der Waals surface area contributed by atoms with Gasteiger partial charge in [-0.1, -0.05) is 5.16 Å². The number of amides is 1. The fraction of sp³-hybridized carbons (Fsp3) is 0.800. The van der Waals surface area contributed by atoms with Crippen molar-refractivity contribution in [1.82, 2.24) is 20.1 Å². The number of nitrogens with zero attached hydrogens (tertiary/aromatic N) is 4. The van der Waals surface area contributed by atoms with E-state index in [0.29, 0.717) is 31.4 Å². The molecule has 2 aliphatic heterocycles. The number of fused-ring (bicyclic) bond motifs is 1. The number of rotatable bonds is 4. The highest BCUT2D eigenvalue weighted by molar-refractivity contribution is 5.93. The Morgan fingerprint density at radius 1 is 1.21 bits per heavy atom. The predicted octanol–water partition coefficient (Wildman–Crippen LogP) is 1.27. The van der Waals surface area contributed by atoms with E-state index in [1.807, 2.05) is 6.92 Å². The number of ether oxygens (including phenoxy) is 2. The van der Waals surface area contributed by atoms with Crippen molar-refractivity contribution in [3.8, 4) is 0 Å². The van der Waals surface area contributed by atoms with Crippen molar-refractivity contribution in [2.45, 2.75) is 45.6 Å². The van der Waals surface area contributed by atoms with Gasteiger partial charge in [0.2, 0.25) is 0 Å². The van der Waals surface area contributed by atoms with Gasteiger partial charge in [-0.25, -0.2) is 4.63 Å². The smallest absolute Gasteiger partial charge is 0.314 e. The number of carbonyl (C=O) groups is 2. The Bertz CT molecular complexity index is 747. The maximum absolute atomic E-state index is 13.1. The Labute approximate surface area is 170 Å². The molecule has 160 valence electrons. The van der Waals surface area contributed by atoms with Gasteiger partial charge in [0.25, 0.3) is 5.91 Å². The minimum absolute atomic E-state index is 0.169. The third-order valence-electron chi connectivity index (χ3n) is 6.87. The molecular weight excluding hydrogens is 376 g/mol. The lowest BCUT2D eigenvalue weighted by molar-refractivity contribution is -0.168. The largest absolute Gasteiger partial charge is 0.466 e. The minimum Gasteiger partial charge on any atom is -0.466 e. The lowest BCUT2D eigenvalue weighted by Gasteiger charge is -2.52. The highest BCUT2D eigenvalue weighted by Gasteiger charge is 2.54. The molecule has 1 aliphatic carbocycles. The van der Waals surface area contributed by atoms with Crippen molar-refractivity contribution < 1.29 is 23.7 Å². The van der Waals surface area contributed by atoms with Crippen LogP contribution in [0.2, 0.25) is 0 Å². The summed E-state index contributed by atoms with van der Waals surface area (Å²) >= 11 is 0. The SMILES string of the molecule is CCOC(=O)[C@@]12CC[C@@H](N3CCOCC3)C[C@H]1CCN(C(=O)c1nonc1C)C2. The number of piperidine rings is 1. The second-order valence-corrected chi connectivity index (χ2v) is 8.36. The van der Waals surface area contributed by atoms with Gasteiger partial charge in [-0.15, -0.1) is 0 Å². The van der Waals surface area contributed by atoms with E-state index >= 15 is 0 Å². The molecule has 0 aromatic carbocycles. The molecule has 9 nitrogen and oxygen atoms in total. The molecule has 1 amide bonds. The van der Waals surface area contributed by atoms with Crippen LogP contribution in [0.25, 0.3) is 0 Å². The van der Waals surface area contributed by atoms with Crippen molar-refractivity contribution in [3.05, 3.63) is 11.4 Å². The fourth-order valence-corrected chi connectivity index (χ4v) is 5.26. The summed E-state index contributed by atoms with van der Waals surface area (Å²) in [6.07, 6.45) is 3.42. The number of carbonyl (C=O) groups excluding carboxylic acids is 2. The molecule has 0 N–H and O–H groups in total. The van der Waals surface area contributed by atoms with E-state index < -0.39 is 5.41 Å². The number of morpholine rings is 1. The Kier molecular flexibility index (Phi) is 5.87. The predicted molar refractivity (Wildman–Crippen MR) is 102 cm³/mol. The molecule has 29 heavy (non-hydrogen) atoms. The summed E-state index contributed by atoms with van der Waals surface area (Å²) in [5.74, 6) is -0.178. The normalized spacial score (nSPS) is 30.6. The topological polar surface area (TPSA) is 98.0 Å². The van der Waals surface area contributed by atoms with Crippen LogP contribution >= 0.6 is 0 Å². The van der Waals surface area contributed by atoms with E-state index in [4.69, 9.17) is 14.1 Å². The first-order valence-electron chi connectivity index (χ1n) is 10.6. The number of likely N-dealkylation sites (tertiary alicyclic amines) is 1. The van der Waals surface area contributed by atoms with Crippen molar-refractivity contribution in [1.29, 1.82) is 0 Å². The molecule has 4 rings (SSSR count). The van der Waals surface area contributed by atoms with Gasteiger partial charge in [-0.3, -0.25) is 14.5 Å². The molecule has 1 saturated carbocycles. The molecule has 3 fully saturated rings. The van der Waals surface area contributed by atoms with E-state index in [2.05, 4.69) is 15.2 Å². The Hall–Kier alpha value is -2.00. The molecule has 0 spiro atoms. The van der Waals surface area contributed by atoms with Crippen molar-refractivity contribution in [2.75, 3.05) is 46.0 Å². The zero-order chi connectivity index (χ0) is 20.4. The summed E-state index contributed by atoms with van der Waals surface area (Å²) in [6.45, 7) is 8.31. The van der Waals surface area contributed by atoms with Crippen LogP contribution in [0.1, 0.15) is 48.8 Å². The number of hydrogen-bond acceptors (Lipinski definition) is 8. The van der Waals surface area contributed by atoms with Crippen molar-refractivity contribution in [3.63, 3.8) is 0 Å². The number of hydrogen-bond donors (Lipinski definition) is 0. The molecule has 0 unspecified atom stereocenters. The molecule has 3 aliphatic rings. The summed E-state index contributed by atoms with van der Waals surface area (Å²) in [5.41, 5.74) is 0.0559. The van der Waals surface area contributed by atoms with Crippen LogP contribution < -0.4 is 0 Å². The first kappa shape index (κ1) is 20.3. The summed E-state index contributed by atoms with van der Waals surface area (Å²) < 4.78 is 15.7. The van der Waals surface area contributed by atoms with Crippen LogP contribution in [0.15, 0.2) is 4.63 Å². The number of aromatic nitrogens is 2. The summed E-state index contributed by atoms with van der Waals surface area (Å²) in [4.78, 5) is 30.3. The average Bonchev–Trinajstić information content (AvgIpc) is 3.19. The van der Waals surface area contributed by atoms with Crippen LogP contribution in [0.3, 0.4) is 0 Å². The minimum atomic E-state index is -0.641. The van der Waals surface area contributed by atoms with Gasteiger partial charge < -0.3 is 14.4 Å². The highest BCUT2D eigenvalue weighted by atomic mass is 16.6. The zero-order valence-electron chi connectivity index (χ0n) is 17.3. The Balaban J connectivity index is 1.53. The first-order chi connectivity index (χ1) is 14.0. The lowest BCUT2D eigenvalue weighted by atomic mass is 9.61. The molecule has 3 atom stereocenters. The van der Waals surface area contributed by atoms with Crippen molar-refractivity contribution in [2.24, 2.45) is 11.3 Å². The zero-order valence-corrected chi connectivity index (χ0v) is 17.3. The Morgan fingerprint density at radius 3 is 2.69 bits per heavy atom. The monoisotopic (exact) mass is 406 g/mol. The summed E-state index contributed by atoms with van der Waals surface area (Å²) in [7, 11) is 0. The second kappa shape index (κ2) is 8.39. The standard InChI is InChI=1S/C20H30N4O5/c1-3-28-19(26)20-6-4-16(23-8-10-27-11-9-23)12-15(20)5-7-24(13-20)18(25)17-14(2)21-29-22-17/h15-16H,3-13H2,1-2H3/t15-,16-,20-/m1/s1. The maximum Gasteiger partial charge on any atom is 0.314 e. The molecule has 2 saturated heterocycles. The molecular formula is C20H30N4O5. The van der Waals surface area contributed by atoms with Gasteiger partial charge >= 0.3 is 5.97 Å². The van der Waals surface area contributed by atoms with E-state index in [0.717, 1.165) is 52.0 Å². The molecule has 1 aromatic heterocycles. The molecule has 1 aromatic rings. The van der Waals surface area contributed by atoms with Crippen LogP contribution in [0.5, 0.6) is 0 Å². The van der Waals surface area contributed by atoms with E-state index in [9.17, 15) is 9.59 Å². The van der Waals surface area contributed by atoms with Gasteiger partial charge in [-0.2, -0.15) is 0 Å². The van der Waals surface area contributed by atoms with Crippen molar-refractivity contribution >= 4 is 11.9 Å². The molecule has 0 radical (unpaired) electrons. The van der Waals surface area contributed by atoms with Crippen LogP contribution in [-0.2, 0) is 14.3 Å². The highest BCUT2D eigenvalue weighted by Crippen LogP contribution is 2.48. The van der Waals surface area contributed by atoms with Crippen LogP contribution in [-0.4, -0.2) is 84.0 Å². The maximum atomic E-state index is 13.1.